The molecular weight excluding hydrogens is 300 g/mol. The molecule has 0 fully saturated rings. The zero-order chi connectivity index (χ0) is 15.1. The normalized spacial score (nSPS) is 11.2. The third kappa shape index (κ3) is 2.04. The van der Waals surface area contributed by atoms with E-state index >= 15 is 0 Å². The third-order valence-corrected chi connectivity index (χ3v) is 4.35. The fourth-order valence-corrected chi connectivity index (χ4v) is 2.81. The molecule has 8 heteroatoms. The zero-order valence-corrected chi connectivity index (χ0v) is 12.8. The highest BCUT2D eigenvalue weighted by Crippen LogP contribution is 2.27. The minimum atomic E-state index is 0.420. The van der Waals surface area contributed by atoms with Crippen molar-refractivity contribution in [1.29, 1.82) is 0 Å². The van der Waals surface area contributed by atoms with Gasteiger partial charge >= 0.3 is 0 Å². The molecule has 22 heavy (non-hydrogen) atoms. The SMILES string of the molecule is Cc1c(-c2cc(-c3nc(-c4cccs4)no3)[nH]n2)cnn1C. The van der Waals surface area contributed by atoms with Crippen LogP contribution in [0.15, 0.2) is 34.3 Å². The first-order valence-electron chi connectivity index (χ1n) is 6.64. The third-order valence-electron chi connectivity index (χ3n) is 3.49. The van der Waals surface area contributed by atoms with Crippen LogP contribution in [-0.2, 0) is 7.05 Å². The molecule has 1 N–H and O–H groups in total. The van der Waals surface area contributed by atoms with Gasteiger partial charge in [-0.1, -0.05) is 11.2 Å². The maximum Gasteiger partial charge on any atom is 0.276 e. The molecule has 4 heterocycles. The Morgan fingerprint density at radius 3 is 3.00 bits per heavy atom. The van der Waals surface area contributed by atoms with E-state index in [0.29, 0.717) is 17.4 Å². The van der Waals surface area contributed by atoms with E-state index in [2.05, 4.69) is 25.4 Å². The van der Waals surface area contributed by atoms with Gasteiger partial charge in [-0.15, -0.1) is 11.3 Å². The van der Waals surface area contributed by atoms with Crippen molar-refractivity contribution in [3.63, 3.8) is 0 Å². The van der Waals surface area contributed by atoms with Gasteiger partial charge in [0, 0.05) is 18.3 Å². The average Bonchev–Trinajstić information content (AvgIpc) is 3.25. The fraction of sp³-hybridized carbons (Fsp3) is 0.143. The predicted octanol–water partition coefficient (Wildman–Crippen LogP) is 2.90. The van der Waals surface area contributed by atoms with Crippen molar-refractivity contribution in [2.75, 3.05) is 0 Å². The summed E-state index contributed by atoms with van der Waals surface area (Å²) in [7, 11) is 1.90. The first kappa shape index (κ1) is 13.0. The molecule has 0 atom stereocenters. The topological polar surface area (TPSA) is 85.4 Å². The second-order valence-corrected chi connectivity index (χ2v) is 5.78. The second-order valence-electron chi connectivity index (χ2n) is 4.83. The summed E-state index contributed by atoms with van der Waals surface area (Å²) < 4.78 is 7.12. The van der Waals surface area contributed by atoms with E-state index in [4.69, 9.17) is 4.52 Å². The van der Waals surface area contributed by atoms with Gasteiger partial charge in [0.25, 0.3) is 5.89 Å². The summed E-state index contributed by atoms with van der Waals surface area (Å²) in [6, 6.07) is 5.79. The molecule has 7 nitrogen and oxygen atoms in total. The number of hydrogen-bond donors (Lipinski definition) is 1. The van der Waals surface area contributed by atoms with Crippen molar-refractivity contribution in [3.8, 4) is 33.5 Å². The molecule has 0 unspecified atom stereocenters. The highest BCUT2D eigenvalue weighted by molar-refractivity contribution is 7.13. The lowest BCUT2D eigenvalue weighted by Gasteiger charge is -1.94. The number of aryl methyl sites for hydroxylation is 1. The Balaban J connectivity index is 1.69. The number of aromatic nitrogens is 6. The monoisotopic (exact) mass is 312 g/mol. The Morgan fingerprint density at radius 2 is 2.27 bits per heavy atom. The number of nitrogens with zero attached hydrogens (tertiary/aromatic N) is 5. The standard InChI is InChI=1S/C14H12N6OS/c1-8-9(7-15-20(8)2)10-6-11(18-17-10)14-16-13(19-21-14)12-4-3-5-22-12/h3-7H,1-2H3,(H,17,18). The van der Waals surface area contributed by atoms with Crippen molar-refractivity contribution in [1.82, 2.24) is 30.1 Å². The molecule has 0 aliphatic rings. The Morgan fingerprint density at radius 1 is 1.36 bits per heavy atom. The van der Waals surface area contributed by atoms with Crippen LogP contribution in [0.3, 0.4) is 0 Å². The highest BCUT2D eigenvalue weighted by atomic mass is 32.1. The van der Waals surface area contributed by atoms with Crippen LogP contribution in [-0.4, -0.2) is 30.1 Å². The van der Waals surface area contributed by atoms with Crippen molar-refractivity contribution in [2.24, 2.45) is 7.05 Å². The molecule has 0 amide bonds. The summed E-state index contributed by atoms with van der Waals surface area (Å²) in [4.78, 5) is 5.37. The first-order valence-corrected chi connectivity index (χ1v) is 7.52. The van der Waals surface area contributed by atoms with Gasteiger partial charge in [-0.05, 0) is 24.4 Å². The minimum absolute atomic E-state index is 0.420. The summed E-state index contributed by atoms with van der Waals surface area (Å²) >= 11 is 1.57. The number of H-pyrrole nitrogens is 1. The van der Waals surface area contributed by atoms with Gasteiger partial charge in [0.1, 0.15) is 5.69 Å². The summed E-state index contributed by atoms with van der Waals surface area (Å²) in [5, 5.41) is 17.4. The van der Waals surface area contributed by atoms with Crippen LogP contribution in [0.1, 0.15) is 5.69 Å². The van der Waals surface area contributed by atoms with Gasteiger partial charge in [0.2, 0.25) is 5.82 Å². The van der Waals surface area contributed by atoms with Crippen LogP contribution < -0.4 is 0 Å². The molecule has 0 spiro atoms. The maximum atomic E-state index is 5.31. The van der Waals surface area contributed by atoms with E-state index < -0.39 is 0 Å². The van der Waals surface area contributed by atoms with Crippen LogP contribution in [0.25, 0.3) is 33.5 Å². The molecule has 0 radical (unpaired) electrons. The molecule has 4 aromatic heterocycles. The summed E-state index contributed by atoms with van der Waals surface area (Å²) in [5.41, 5.74) is 3.51. The Hall–Kier alpha value is -2.74. The van der Waals surface area contributed by atoms with E-state index in [-0.39, 0.29) is 0 Å². The minimum Gasteiger partial charge on any atom is -0.332 e. The Bertz CT molecular complexity index is 917. The van der Waals surface area contributed by atoms with Gasteiger partial charge in [-0.3, -0.25) is 9.78 Å². The summed E-state index contributed by atoms with van der Waals surface area (Å²) in [5.74, 6) is 1.00. The number of hydrogen-bond acceptors (Lipinski definition) is 6. The molecule has 0 bridgehead atoms. The fourth-order valence-electron chi connectivity index (χ4n) is 2.16. The lowest BCUT2D eigenvalue weighted by atomic mass is 10.2. The quantitative estimate of drug-likeness (QED) is 0.628. The second kappa shape index (κ2) is 4.92. The van der Waals surface area contributed by atoms with Crippen LogP contribution in [0.5, 0.6) is 0 Å². The van der Waals surface area contributed by atoms with Crippen molar-refractivity contribution >= 4 is 11.3 Å². The first-order chi connectivity index (χ1) is 10.7. The van der Waals surface area contributed by atoms with Crippen LogP contribution in [0.2, 0.25) is 0 Å². The summed E-state index contributed by atoms with van der Waals surface area (Å²) in [6.07, 6.45) is 1.79. The number of thiophene rings is 1. The summed E-state index contributed by atoms with van der Waals surface area (Å²) in [6.45, 7) is 2.00. The molecule has 110 valence electrons. The molecule has 0 aromatic carbocycles. The number of nitrogens with one attached hydrogen (secondary N) is 1. The van der Waals surface area contributed by atoms with Crippen LogP contribution in [0.4, 0.5) is 0 Å². The molecule has 4 aromatic rings. The van der Waals surface area contributed by atoms with E-state index in [0.717, 1.165) is 21.8 Å². The van der Waals surface area contributed by atoms with Gasteiger partial charge in [-0.2, -0.15) is 15.2 Å². The lowest BCUT2D eigenvalue weighted by Crippen LogP contribution is -1.92. The molecular formula is C14H12N6OS. The smallest absolute Gasteiger partial charge is 0.276 e. The average molecular weight is 312 g/mol. The highest BCUT2D eigenvalue weighted by Gasteiger charge is 2.16. The van der Waals surface area contributed by atoms with Gasteiger partial charge in [-0.25, -0.2) is 0 Å². The van der Waals surface area contributed by atoms with Gasteiger partial charge in [0.05, 0.1) is 16.8 Å². The zero-order valence-electron chi connectivity index (χ0n) is 11.9. The Labute approximate surface area is 129 Å². The molecule has 0 saturated heterocycles. The maximum absolute atomic E-state index is 5.31. The predicted molar refractivity (Wildman–Crippen MR) is 82.1 cm³/mol. The van der Waals surface area contributed by atoms with Crippen molar-refractivity contribution < 1.29 is 4.52 Å². The van der Waals surface area contributed by atoms with Gasteiger partial charge < -0.3 is 4.52 Å². The van der Waals surface area contributed by atoms with E-state index in [9.17, 15) is 0 Å². The number of rotatable bonds is 3. The largest absolute Gasteiger partial charge is 0.332 e. The number of aromatic amines is 1. The van der Waals surface area contributed by atoms with Crippen molar-refractivity contribution in [3.05, 3.63) is 35.5 Å². The van der Waals surface area contributed by atoms with Crippen LogP contribution in [0, 0.1) is 6.92 Å². The molecule has 0 saturated carbocycles. The van der Waals surface area contributed by atoms with E-state index in [1.54, 1.807) is 17.5 Å². The van der Waals surface area contributed by atoms with E-state index in [1.165, 1.54) is 0 Å². The Kier molecular flexibility index (Phi) is 2.90. The van der Waals surface area contributed by atoms with Gasteiger partial charge in [0.15, 0.2) is 0 Å². The van der Waals surface area contributed by atoms with Crippen molar-refractivity contribution in [2.45, 2.75) is 6.92 Å². The van der Waals surface area contributed by atoms with Crippen LogP contribution >= 0.6 is 11.3 Å². The molecule has 0 aliphatic heterocycles. The lowest BCUT2D eigenvalue weighted by molar-refractivity contribution is 0.431. The van der Waals surface area contributed by atoms with E-state index in [1.807, 2.05) is 42.2 Å². The molecule has 4 rings (SSSR count). The molecule has 0 aliphatic carbocycles.